The van der Waals surface area contributed by atoms with Gasteiger partial charge in [-0.15, -0.1) is 0 Å². The second-order valence-electron chi connectivity index (χ2n) is 6.15. The quantitative estimate of drug-likeness (QED) is 0.551. The van der Waals surface area contributed by atoms with Crippen LogP contribution in [0.5, 0.6) is 0 Å². The first-order valence-corrected chi connectivity index (χ1v) is 8.56. The van der Waals surface area contributed by atoms with E-state index in [1.807, 2.05) is 0 Å². The van der Waals surface area contributed by atoms with Gasteiger partial charge in [-0.05, 0) is 36.8 Å². The van der Waals surface area contributed by atoms with E-state index in [0.717, 1.165) is 0 Å². The molecule has 2 aromatic rings. The number of hydrogen-bond acceptors (Lipinski definition) is 0. The zero-order valence-electron chi connectivity index (χ0n) is 13.6. The molecular formula is C23H24. The van der Waals surface area contributed by atoms with E-state index in [-0.39, 0.29) is 0 Å². The number of rotatable bonds is 5. The normalized spacial score (nSPS) is 16.3. The van der Waals surface area contributed by atoms with Crippen molar-refractivity contribution in [1.82, 2.24) is 0 Å². The maximum Gasteiger partial charge on any atom is 0.0136 e. The molecule has 0 radical (unpaired) electrons. The lowest BCUT2D eigenvalue weighted by Crippen LogP contribution is -1.89. The van der Waals surface area contributed by atoms with Gasteiger partial charge in [0.05, 0.1) is 0 Å². The predicted molar refractivity (Wildman–Crippen MR) is 101 cm³/mol. The molecule has 0 amide bonds. The van der Waals surface area contributed by atoms with Gasteiger partial charge in [0.25, 0.3) is 0 Å². The van der Waals surface area contributed by atoms with Gasteiger partial charge in [0.15, 0.2) is 0 Å². The summed E-state index contributed by atoms with van der Waals surface area (Å²) in [6.45, 7) is 0. The topological polar surface area (TPSA) is 0 Å². The van der Waals surface area contributed by atoms with Crippen LogP contribution in [0.3, 0.4) is 0 Å². The van der Waals surface area contributed by atoms with Gasteiger partial charge >= 0.3 is 0 Å². The number of hydrogen-bond donors (Lipinski definition) is 0. The van der Waals surface area contributed by atoms with Crippen LogP contribution in [0.2, 0.25) is 0 Å². The molecule has 1 aliphatic carbocycles. The summed E-state index contributed by atoms with van der Waals surface area (Å²) in [5.41, 5.74) is 4.14. The molecule has 0 bridgehead atoms. The third-order valence-electron chi connectivity index (χ3n) is 4.29. The van der Waals surface area contributed by atoms with Crippen molar-refractivity contribution in [2.24, 2.45) is 5.92 Å². The second-order valence-corrected chi connectivity index (χ2v) is 6.15. The van der Waals surface area contributed by atoms with Crippen molar-refractivity contribution < 1.29 is 0 Å². The highest BCUT2D eigenvalue weighted by Crippen LogP contribution is 2.26. The lowest BCUT2D eigenvalue weighted by Gasteiger charge is -2.05. The smallest absolute Gasteiger partial charge is 0.0136 e. The van der Waals surface area contributed by atoms with E-state index in [1.54, 1.807) is 5.57 Å². The molecule has 0 aliphatic heterocycles. The average Bonchev–Trinajstić information content (AvgIpc) is 3.12. The minimum Gasteiger partial charge on any atom is -0.0746 e. The molecule has 1 saturated carbocycles. The molecule has 0 heteroatoms. The Morgan fingerprint density at radius 3 is 1.61 bits per heavy atom. The van der Waals surface area contributed by atoms with Crippen molar-refractivity contribution in [3.63, 3.8) is 0 Å². The SMILES string of the molecule is C(=CC(C=Cc1ccccc1)C=C1CCCC1)c1ccccc1. The van der Waals surface area contributed by atoms with Crippen LogP contribution >= 0.6 is 0 Å². The Labute approximate surface area is 139 Å². The molecule has 23 heavy (non-hydrogen) atoms. The lowest BCUT2D eigenvalue weighted by molar-refractivity contribution is 0.886. The molecule has 0 N–H and O–H groups in total. The first kappa shape index (κ1) is 15.6. The van der Waals surface area contributed by atoms with Crippen LogP contribution in [0.4, 0.5) is 0 Å². The molecule has 0 atom stereocenters. The summed E-state index contributed by atoms with van der Waals surface area (Å²) in [5.74, 6) is 0.364. The van der Waals surface area contributed by atoms with Crippen LogP contribution in [0.25, 0.3) is 12.2 Å². The fourth-order valence-electron chi connectivity index (χ4n) is 3.02. The Morgan fingerprint density at radius 2 is 1.13 bits per heavy atom. The first-order chi connectivity index (χ1) is 11.4. The minimum atomic E-state index is 0.364. The van der Waals surface area contributed by atoms with Gasteiger partial charge in [-0.2, -0.15) is 0 Å². The molecule has 2 aromatic carbocycles. The molecule has 0 aromatic heterocycles. The van der Waals surface area contributed by atoms with E-state index in [0.29, 0.717) is 5.92 Å². The second kappa shape index (κ2) is 8.33. The Morgan fingerprint density at radius 1 is 0.652 bits per heavy atom. The number of benzene rings is 2. The van der Waals surface area contributed by atoms with Gasteiger partial charge in [-0.25, -0.2) is 0 Å². The predicted octanol–water partition coefficient (Wildman–Crippen LogP) is 6.53. The summed E-state index contributed by atoms with van der Waals surface area (Å²) < 4.78 is 0. The summed E-state index contributed by atoms with van der Waals surface area (Å²) in [5, 5.41) is 0. The lowest BCUT2D eigenvalue weighted by atomic mass is 10.0. The monoisotopic (exact) mass is 300 g/mol. The minimum absolute atomic E-state index is 0.364. The molecule has 0 heterocycles. The summed E-state index contributed by atoms with van der Waals surface area (Å²) in [4.78, 5) is 0. The molecule has 0 nitrogen and oxygen atoms in total. The maximum absolute atomic E-state index is 2.45. The van der Waals surface area contributed by atoms with Crippen LogP contribution in [-0.2, 0) is 0 Å². The Balaban J connectivity index is 1.77. The van der Waals surface area contributed by atoms with E-state index in [2.05, 4.69) is 91.0 Å². The van der Waals surface area contributed by atoms with E-state index >= 15 is 0 Å². The zero-order chi connectivity index (χ0) is 15.7. The van der Waals surface area contributed by atoms with Crippen molar-refractivity contribution >= 4 is 12.2 Å². The molecule has 1 fully saturated rings. The van der Waals surface area contributed by atoms with Gasteiger partial charge in [-0.3, -0.25) is 0 Å². The fraction of sp³-hybridized carbons (Fsp3) is 0.217. The summed E-state index contributed by atoms with van der Waals surface area (Å²) >= 11 is 0. The van der Waals surface area contributed by atoms with E-state index in [4.69, 9.17) is 0 Å². The average molecular weight is 300 g/mol. The molecule has 3 rings (SSSR count). The van der Waals surface area contributed by atoms with E-state index in [1.165, 1.54) is 36.8 Å². The van der Waals surface area contributed by atoms with Crippen molar-refractivity contribution in [1.29, 1.82) is 0 Å². The Kier molecular flexibility index (Phi) is 5.64. The van der Waals surface area contributed by atoms with E-state index < -0.39 is 0 Å². The third kappa shape index (κ3) is 5.10. The molecule has 1 aliphatic rings. The van der Waals surface area contributed by atoms with Crippen LogP contribution in [0, 0.1) is 5.92 Å². The molecule has 116 valence electrons. The van der Waals surface area contributed by atoms with Crippen LogP contribution in [0.15, 0.2) is 84.5 Å². The highest BCUT2D eigenvalue weighted by molar-refractivity contribution is 5.53. The van der Waals surface area contributed by atoms with Crippen molar-refractivity contribution in [3.05, 3.63) is 95.6 Å². The standard InChI is InChI=1S/C23H24/c1-3-9-20(10-4-1)15-17-23(19-22-13-7-8-14-22)18-16-21-11-5-2-6-12-21/h1-6,9-12,15-19,23H,7-8,13-14H2. The highest BCUT2D eigenvalue weighted by atomic mass is 14.1. The van der Waals surface area contributed by atoms with Crippen molar-refractivity contribution in [2.75, 3.05) is 0 Å². The third-order valence-corrected chi connectivity index (χ3v) is 4.29. The molecule has 0 spiro atoms. The fourth-order valence-corrected chi connectivity index (χ4v) is 3.02. The van der Waals surface area contributed by atoms with Crippen LogP contribution in [0.1, 0.15) is 36.8 Å². The van der Waals surface area contributed by atoms with Gasteiger partial charge in [0.2, 0.25) is 0 Å². The molecule has 0 saturated heterocycles. The summed E-state index contributed by atoms with van der Waals surface area (Å²) in [6.07, 6.45) is 16.8. The van der Waals surface area contributed by atoms with Crippen molar-refractivity contribution in [2.45, 2.75) is 25.7 Å². The van der Waals surface area contributed by atoms with Gasteiger partial charge in [0, 0.05) is 5.92 Å². The maximum atomic E-state index is 2.45. The van der Waals surface area contributed by atoms with Crippen molar-refractivity contribution in [3.8, 4) is 0 Å². The largest absolute Gasteiger partial charge is 0.0746 e. The summed E-state index contributed by atoms with van der Waals surface area (Å²) in [7, 11) is 0. The van der Waals surface area contributed by atoms with Crippen LogP contribution < -0.4 is 0 Å². The van der Waals surface area contributed by atoms with Crippen LogP contribution in [-0.4, -0.2) is 0 Å². The Bertz CT molecular complexity index is 617. The summed E-state index contributed by atoms with van der Waals surface area (Å²) in [6, 6.07) is 21.1. The Hall–Kier alpha value is -2.34. The van der Waals surface area contributed by atoms with Gasteiger partial charge in [-0.1, -0.05) is 96.6 Å². The van der Waals surface area contributed by atoms with E-state index in [9.17, 15) is 0 Å². The highest BCUT2D eigenvalue weighted by Gasteiger charge is 2.07. The van der Waals surface area contributed by atoms with Gasteiger partial charge < -0.3 is 0 Å². The number of allylic oxidation sites excluding steroid dienone is 4. The first-order valence-electron chi connectivity index (χ1n) is 8.56. The van der Waals surface area contributed by atoms with Gasteiger partial charge in [0.1, 0.15) is 0 Å². The molecule has 0 unspecified atom stereocenters. The molecular weight excluding hydrogens is 276 g/mol. The zero-order valence-corrected chi connectivity index (χ0v) is 13.6.